The van der Waals surface area contributed by atoms with Gasteiger partial charge in [0, 0.05) is 31.2 Å². The van der Waals surface area contributed by atoms with Gasteiger partial charge in [-0.15, -0.1) is 0 Å². The standard InChI is InChI=1S/C21H23FN6O/c22-16-7-8-19(23-12-16)26-9-10-27-18(13-26)11-15(21(27)29)3-1-4-17-5-2-6-20-24-14-25-28(17)20/h2,5-8,12,14-15,18H,1,3-4,9-11,13H2/t15?,18-/m0/s1. The largest absolute Gasteiger partial charge is 0.353 e. The number of aromatic nitrogens is 4. The van der Waals surface area contributed by atoms with E-state index in [1.807, 2.05) is 21.5 Å². The van der Waals surface area contributed by atoms with Crippen molar-refractivity contribution >= 4 is 17.4 Å². The second kappa shape index (κ2) is 7.42. The van der Waals surface area contributed by atoms with E-state index in [-0.39, 0.29) is 23.7 Å². The van der Waals surface area contributed by atoms with E-state index in [0.29, 0.717) is 6.54 Å². The Labute approximate surface area is 168 Å². The Kier molecular flexibility index (Phi) is 4.61. The normalized spacial score (nSPS) is 21.8. The summed E-state index contributed by atoms with van der Waals surface area (Å²) in [5.41, 5.74) is 1.97. The van der Waals surface area contributed by atoms with Crippen molar-refractivity contribution in [1.82, 2.24) is 24.5 Å². The Morgan fingerprint density at radius 1 is 1.14 bits per heavy atom. The molecule has 0 aliphatic carbocycles. The van der Waals surface area contributed by atoms with Gasteiger partial charge in [-0.2, -0.15) is 5.10 Å². The number of carbonyl (C=O) groups is 1. The van der Waals surface area contributed by atoms with Crippen LogP contribution in [0.3, 0.4) is 0 Å². The molecule has 2 aliphatic rings. The first-order valence-corrected chi connectivity index (χ1v) is 10.1. The van der Waals surface area contributed by atoms with Crippen LogP contribution in [-0.2, 0) is 11.2 Å². The van der Waals surface area contributed by atoms with Crippen molar-refractivity contribution in [3.63, 3.8) is 0 Å². The zero-order chi connectivity index (χ0) is 19.8. The van der Waals surface area contributed by atoms with Crippen molar-refractivity contribution in [2.45, 2.75) is 31.7 Å². The van der Waals surface area contributed by atoms with E-state index < -0.39 is 0 Å². The van der Waals surface area contributed by atoms with Gasteiger partial charge in [-0.25, -0.2) is 18.9 Å². The van der Waals surface area contributed by atoms with Crippen molar-refractivity contribution < 1.29 is 9.18 Å². The van der Waals surface area contributed by atoms with Crippen LogP contribution in [0.1, 0.15) is 25.0 Å². The molecule has 7 nitrogen and oxygen atoms in total. The summed E-state index contributed by atoms with van der Waals surface area (Å²) in [5.74, 6) is 0.810. The molecule has 0 bridgehead atoms. The minimum Gasteiger partial charge on any atom is -0.353 e. The molecule has 0 saturated carbocycles. The van der Waals surface area contributed by atoms with E-state index in [0.717, 1.165) is 55.9 Å². The van der Waals surface area contributed by atoms with Crippen LogP contribution in [0.2, 0.25) is 0 Å². The van der Waals surface area contributed by atoms with Gasteiger partial charge in [0.05, 0.1) is 12.2 Å². The predicted octanol–water partition coefficient (Wildman–Crippen LogP) is 2.32. The van der Waals surface area contributed by atoms with E-state index in [1.54, 1.807) is 12.4 Å². The first-order chi connectivity index (χ1) is 14.2. The van der Waals surface area contributed by atoms with E-state index in [9.17, 15) is 9.18 Å². The Morgan fingerprint density at radius 2 is 2.07 bits per heavy atom. The van der Waals surface area contributed by atoms with Gasteiger partial charge in [-0.1, -0.05) is 6.07 Å². The fraction of sp³-hybridized carbons (Fsp3) is 0.429. The minimum atomic E-state index is -0.329. The van der Waals surface area contributed by atoms with Crippen LogP contribution in [0.5, 0.6) is 0 Å². The van der Waals surface area contributed by atoms with E-state index in [1.165, 1.54) is 12.3 Å². The summed E-state index contributed by atoms with van der Waals surface area (Å²) < 4.78 is 15.0. The monoisotopic (exact) mass is 394 g/mol. The van der Waals surface area contributed by atoms with Gasteiger partial charge in [0.2, 0.25) is 5.91 Å². The average Bonchev–Trinajstić information content (AvgIpc) is 3.34. The van der Waals surface area contributed by atoms with Crippen molar-refractivity contribution in [3.05, 3.63) is 54.4 Å². The maximum Gasteiger partial charge on any atom is 0.226 e. The molecule has 5 heterocycles. The summed E-state index contributed by atoms with van der Waals surface area (Å²) in [5, 5.41) is 4.28. The van der Waals surface area contributed by atoms with Gasteiger partial charge in [0.25, 0.3) is 0 Å². The lowest BCUT2D eigenvalue weighted by atomic mass is 9.97. The number of hydrogen-bond acceptors (Lipinski definition) is 5. The van der Waals surface area contributed by atoms with Crippen LogP contribution < -0.4 is 4.90 Å². The first kappa shape index (κ1) is 18.0. The van der Waals surface area contributed by atoms with Gasteiger partial charge in [0.15, 0.2) is 5.65 Å². The van der Waals surface area contributed by atoms with E-state index >= 15 is 0 Å². The van der Waals surface area contributed by atoms with Crippen LogP contribution >= 0.6 is 0 Å². The highest BCUT2D eigenvalue weighted by Crippen LogP contribution is 2.32. The number of piperazine rings is 1. The highest BCUT2D eigenvalue weighted by Gasteiger charge is 2.42. The molecular weight excluding hydrogens is 371 g/mol. The molecular formula is C21H23FN6O. The van der Waals surface area contributed by atoms with Crippen molar-refractivity contribution in [1.29, 1.82) is 0 Å². The molecule has 8 heteroatoms. The molecule has 1 amide bonds. The van der Waals surface area contributed by atoms with Crippen LogP contribution in [0.25, 0.3) is 5.65 Å². The fourth-order valence-electron chi connectivity index (χ4n) is 4.64. The summed E-state index contributed by atoms with van der Waals surface area (Å²) in [6, 6.07) is 9.37. The molecule has 1 unspecified atom stereocenters. The summed E-state index contributed by atoms with van der Waals surface area (Å²) in [7, 11) is 0. The number of carbonyl (C=O) groups excluding carboxylic acids is 1. The molecule has 2 aliphatic heterocycles. The molecule has 2 saturated heterocycles. The Hall–Kier alpha value is -3.03. The lowest BCUT2D eigenvalue weighted by Gasteiger charge is -2.38. The molecule has 0 radical (unpaired) electrons. The number of fused-ring (bicyclic) bond motifs is 2. The van der Waals surface area contributed by atoms with Crippen LogP contribution in [0.4, 0.5) is 10.2 Å². The number of halogens is 1. The third kappa shape index (κ3) is 3.43. The number of amides is 1. The molecule has 0 aromatic carbocycles. The molecule has 5 rings (SSSR count). The molecule has 2 atom stereocenters. The third-order valence-corrected chi connectivity index (χ3v) is 6.07. The molecule has 0 spiro atoms. The lowest BCUT2D eigenvalue weighted by Crippen LogP contribution is -2.51. The van der Waals surface area contributed by atoms with E-state index in [4.69, 9.17) is 0 Å². The average molecular weight is 394 g/mol. The van der Waals surface area contributed by atoms with Crippen LogP contribution in [0, 0.1) is 11.7 Å². The number of anilines is 1. The molecule has 3 aromatic heterocycles. The maximum absolute atomic E-state index is 13.1. The first-order valence-electron chi connectivity index (χ1n) is 10.1. The SMILES string of the molecule is O=C1C(CCCc2cccc3ncnn23)C[C@H]2CN(c3ccc(F)cn3)CCN12. The van der Waals surface area contributed by atoms with E-state index in [2.05, 4.69) is 26.0 Å². The van der Waals surface area contributed by atoms with Gasteiger partial charge in [-0.05, 0) is 49.9 Å². The summed E-state index contributed by atoms with van der Waals surface area (Å²) in [6.45, 7) is 2.21. The lowest BCUT2D eigenvalue weighted by molar-refractivity contribution is -0.132. The maximum atomic E-state index is 13.1. The van der Waals surface area contributed by atoms with Crippen LogP contribution in [0.15, 0.2) is 42.9 Å². The van der Waals surface area contributed by atoms with Crippen LogP contribution in [-0.4, -0.2) is 56.1 Å². The number of rotatable bonds is 5. The number of nitrogens with zero attached hydrogens (tertiary/aromatic N) is 6. The third-order valence-electron chi connectivity index (χ3n) is 6.07. The van der Waals surface area contributed by atoms with Gasteiger partial charge >= 0.3 is 0 Å². The van der Waals surface area contributed by atoms with Crippen molar-refractivity contribution in [2.24, 2.45) is 5.92 Å². The molecule has 150 valence electrons. The molecule has 0 N–H and O–H groups in total. The smallest absolute Gasteiger partial charge is 0.226 e. The summed E-state index contributed by atoms with van der Waals surface area (Å²) in [4.78, 5) is 25.5. The Balaban J connectivity index is 1.19. The number of hydrogen-bond donors (Lipinski definition) is 0. The second-order valence-corrected chi connectivity index (χ2v) is 7.84. The predicted molar refractivity (Wildman–Crippen MR) is 106 cm³/mol. The summed E-state index contributed by atoms with van der Waals surface area (Å²) in [6.07, 6.45) is 6.40. The van der Waals surface area contributed by atoms with Gasteiger partial charge < -0.3 is 9.80 Å². The van der Waals surface area contributed by atoms with Gasteiger partial charge in [-0.3, -0.25) is 4.79 Å². The topological polar surface area (TPSA) is 66.6 Å². The van der Waals surface area contributed by atoms with Crippen molar-refractivity contribution in [3.8, 4) is 0 Å². The fourth-order valence-corrected chi connectivity index (χ4v) is 4.64. The molecule has 3 aromatic rings. The molecule has 2 fully saturated rings. The second-order valence-electron chi connectivity index (χ2n) is 7.84. The number of aryl methyl sites for hydroxylation is 1. The van der Waals surface area contributed by atoms with Crippen molar-refractivity contribution in [2.75, 3.05) is 24.5 Å². The number of pyridine rings is 2. The highest BCUT2D eigenvalue weighted by molar-refractivity contribution is 5.82. The molecule has 29 heavy (non-hydrogen) atoms. The Bertz CT molecular complexity index is 1020. The Morgan fingerprint density at radius 3 is 2.93 bits per heavy atom. The summed E-state index contributed by atoms with van der Waals surface area (Å²) >= 11 is 0. The van der Waals surface area contributed by atoms with Gasteiger partial charge in [0.1, 0.15) is 18.0 Å². The highest BCUT2D eigenvalue weighted by atomic mass is 19.1. The zero-order valence-electron chi connectivity index (χ0n) is 16.1. The zero-order valence-corrected chi connectivity index (χ0v) is 16.1. The quantitative estimate of drug-likeness (QED) is 0.665. The minimum absolute atomic E-state index is 0.0797.